The number of nitrogens with zero attached hydrogens (tertiary/aromatic N) is 1. The maximum atomic E-state index is 13.6. The van der Waals surface area contributed by atoms with E-state index in [0.717, 1.165) is 34.0 Å². The Labute approximate surface area is 219 Å². The summed E-state index contributed by atoms with van der Waals surface area (Å²) in [5, 5.41) is 3.36. The van der Waals surface area contributed by atoms with E-state index in [1.807, 2.05) is 31.2 Å². The first-order valence-electron chi connectivity index (χ1n) is 12.1. The molecule has 0 aromatic heterocycles. The van der Waals surface area contributed by atoms with E-state index < -0.39 is 10.0 Å². The Morgan fingerprint density at radius 2 is 1.75 bits per heavy atom. The van der Waals surface area contributed by atoms with Crippen LogP contribution in [0.15, 0.2) is 71.6 Å². The lowest BCUT2D eigenvalue weighted by molar-refractivity contribution is -0.119. The summed E-state index contributed by atoms with van der Waals surface area (Å²) in [7, 11) is -3.98. The fraction of sp³-hybridized carbons (Fsp3) is 0.321. The number of ether oxygens (including phenoxy) is 1. The van der Waals surface area contributed by atoms with E-state index in [1.54, 1.807) is 49.4 Å². The fourth-order valence-electron chi connectivity index (χ4n) is 3.79. The number of halogens is 1. The Morgan fingerprint density at radius 3 is 2.44 bits per heavy atom. The van der Waals surface area contributed by atoms with Crippen LogP contribution in [0.3, 0.4) is 0 Å². The summed E-state index contributed by atoms with van der Waals surface area (Å²) in [6.07, 6.45) is 2.37. The summed E-state index contributed by atoms with van der Waals surface area (Å²) < 4.78 is 34.1. The maximum Gasteiger partial charge on any atom is 0.264 e. The van der Waals surface area contributed by atoms with Gasteiger partial charge in [-0.15, -0.1) is 0 Å². The molecule has 0 unspecified atom stereocenters. The monoisotopic (exact) mass is 528 g/mol. The highest BCUT2D eigenvalue weighted by Gasteiger charge is 2.28. The SMILES string of the molecule is CCCOc1ccccc1CCCNC(=O)CN(c1ccc(Cl)cc1C)S(=O)(=O)c1ccc(C)cc1. The standard InChI is InChI=1S/C28H33ClN2O4S/c1-4-18-35-27-10-6-5-8-23(27)9-7-17-30-28(32)20-31(26-16-13-24(29)19-22(26)3)36(33,34)25-14-11-21(2)12-15-25/h5-6,8,10-16,19H,4,7,9,17-18,20H2,1-3H3,(H,30,32). The zero-order valence-corrected chi connectivity index (χ0v) is 22.5. The second-order valence-electron chi connectivity index (χ2n) is 8.67. The van der Waals surface area contributed by atoms with Crippen LogP contribution < -0.4 is 14.4 Å². The number of benzene rings is 3. The number of rotatable bonds is 12. The van der Waals surface area contributed by atoms with Gasteiger partial charge in [0.05, 0.1) is 17.2 Å². The number of amides is 1. The highest BCUT2D eigenvalue weighted by Crippen LogP contribution is 2.29. The van der Waals surface area contributed by atoms with Crippen molar-refractivity contribution >= 4 is 33.2 Å². The molecule has 1 amide bonds. The van der Waals surface area contributed by atoms with Gasteiger partial charge in [0.1, 0.15) is 12.3 Å². The second kappa shape index (κ2) is 12.8. The molecule has 36 heavy (non-hydrogen) atoms. The van der Waals surface area contributed by atoms with E-state index in [-0.39, 0.29) is 17.3 Å². The Kier molecular flexibility index (Phi) is 9.79. The van der Waals surface area contributed by atoms with Gasteiger partial charge in [0.15, 0.2) is 0 Å². The van der Waals surface area contributed by atoms with Crippen molar-refractivity contribution in [3.63, 3.8) is 0 Å². The van der Waals surface area contributed by atoms with Gasteiger partial charge in [0.2, 0.25) is 5.91 Å². The summed E-state index contributed by atoms with van der Waals surface area (Å²) in [6, 6.07) is 19.4. The molecule has 0 heterocycles. The molecule has 192 valence electrons. The zero-order valence-electron chi connectivity index (χ0n) is 21.0. The molecule has 0 atom stereocenters. The molecule has 0 fully saturated rings. The number of hydrogen-bond donors (Lipinski definition) is 1. The van der Waals surface area contributed by atoms with Gasteiger partial charge >= 0.3 is 0 Å². The molecule has 0 saturated carbocycles. The van der Waals surface area contributed by atoms with Gasteiger partial charge < -0.3 is 10.1 Å². The largest absolute Gasteiger partial charge is 0.493 e. The Balaban J connectivity index is 1.71. The lowest BCUT2D eigenvalue weighted by atomic mass is 10.1. The highest BCUT2D eigenvalue weighted by atomic mass is 35.5. The number of carbonyl (C=O) groups excluding carboxylic acids is 1. The summed E-state index contributed by atoms with van der Waals surface area (Å²) >= 11 is 6.09. The molecule has 6 nitrogen and oxygen atoms in total. The van der Waals surface area contributed by atoms with Gasteiger partial charge in [-0.1, -0.05) is 54.4 Å². The van der Waals surface area contributed by atoms with Crippen LogP contribution in [0, 0.1) is 13.8 Å². The Hall–Kier alpha value is -3.03. The number of anilines is 1. The lowest BCUT2D eigenvalue weighted by Gasteiger charge is -2.26. The summed E-state index contributed by atoms with van der Waals surface area (Å²) in [5.41, 5.74) is 3.11. The van der Waals surface area contributed by atoms with Crippen molar-refractivity contribution in [1.29, 1.82) is 0 Å². The first-order valence-corrected chi connectivity index (χ1v) is 13.9. The predicted molar refractivity (Wildman–Crippen MR) is 145 cm³/mol. The first-order chi connectivity index (χ1) is 17.2. The zero-order chi connectivity index (χ0) is 26.1. The summed E-state index contributed by atoms with van der Waals surface area (Å²) in [5.74, 6) is 0.481. The average Bonchev–Trinajstić information content (AvgIpc) is 2.85. The van der Waals surface area contributed by atoms with Gasteiger partial charge in [0.25, 0.3) is 10.0 Å². The van der Waals surface area contributed by atoms with E-state index in [9.17, 15) is 13.2 Å². The van der Waals surface area contributed by atoms with Gasteiger partial charge in [-0.25, -0.2) is 8.42 Å². The van der Waals surface area contributed by atoms with E-state index in [2.05, 4.69) is 12.2 Å². The van der Waals surface area contributed by atoms with E-state index >= 15 is 0 Å². The number of carbonyl (C=O) groups is 1. The molecule has 0 bridgehead atoms. The number of hydrogen-bond acceptors (Lipinski definition) is 4. The van der Waals surface area contributed by atoms with Gasteiger partial charge in [-0.3, -0.25) is 9.10 Å². The van der Waals surface area contributed by atoms with Crippen LogP contribution in [0.1, 0.15) is 36.5 Å². The molecule has 0 radical (unpaired) electrons. The van der Waals surface area contributed by atoms with Crippen LogP contribution in [0.5, 0.6) is 5.75 Å². The van der Waals surface area contributed by atoms with Crippen LogP contribution in [0.2, 0.25) is 5.02 Å². The highest BCUT2D eigenvalue weighted by molar-refractivity contribution is 7.92. The van der Waals surface area contributed by atoms with Crippen molar-refractivity contribution in [2.75, 3.05) is 24.0 Å². The number of nitrogens with one attached hydrogen (secondary N) is 1. The quantitative estimate of drug-likeness (QED) is 0.306. The minimum atomic E-state index is -3.98. The third-order valence-electron chi connectivity index (χ3n) is 5.70. The van der Waals surface area contributed by atoms with Gasteiger partial charge in [0, 0.05) is 11.6 Å². The molecule has 1 N–H and O–H groups in total. The minimum Gasteiger partial charge on any atom is -0.493 e. The molecule has 3 aromatic rings. The normalized spacial score (nSPS) is 11.2. The molecule has 3 rings (SSSR count). The van der Waals surface area contributed by atoms with Crippen molar-refractivity contribution in [2.45, 2.75) is 44.9 Å². The summed E-state index contributed by atoms with van der Waals surface area (Å²) in [6.45, 7) is 6.46. The third kappa shape index (κ3) is 7.24. The fourth-order valence-corrected chi connectivity index (χ4v) is 5.50. The van der Waals surface area contributed by atoms with E-state index in [4.69, 9.17) is 16.3 Å². The molecule has 0 aliphatic carbocycles. The van der Waals surface area contributed by atoms with Crippen molar-refractivity contribution < 1.29 is 17.9 Å². The number of para-hydroxylation sites is 1. The van der Waals surface area contributed by atoms with Crippen LogP contribution in [-0.2, 0) is 21.2 Å². The summed E-state index contributed by atoms with van der Waals surface area (Å²) in [4.78, 5) is 13.0. The van der Waals surface area contributed by atoms with Crippen molar-refractivity contribution in [1.82, 2.24) is 5.32 Å². The van der Waals surface area contributed by atoms with E-state index in [1.165, 1.54) is 0 Å². The first kappa shape index (κ1) is 27.6. The predicted octanol–water partition coefficient (Wildman–Crippen LogP) is 5.69. The molecule has 0 aliphatic rings. The molecular weight excluding hydrogens is 496 g/mol. The van der Waals surface area contributed by atoms with Crippen LogP contribution >= 0.6 is 11.6 Å². The topological polar surface area (TPSA) is 75.7 Å². The van der Waals surface area contributed by atoms with Crippen molar-refractivity contribution in [2.24, 2.45) is 0 Å². The molecule has 0 spiro atoms. The smallest absolute Gasteiger partial charge is 0.264 e. The molecule has 0 saturated heterocycles. The van der Waals surface area contributed by atoms with E-state index in [0.29, 0.717) is 35.8 Å². The Morgan fingerprint density at radius 1 is 1.03 bits per heavy atom. The van der Waals surface area contributed by atoms with Crippen molar-refractivity contribution in [3.8, 4) is 5.75 Å². The lowest BCUT2D eigenvalue weighted by Crippen LogP contribution is -2.41. The minimum absolute atomic E-state index is 0.124. The molecule has 0 aliphatic heterocycles. The van der Waals surface area contributed by atoms with Crippen molar-refractivity contribution in [3.05, 3.63) is 88.4 Å². The molecule has 3 aromatic carbocycles. The van der Waals surface area contributed by atoms with Crippen LogP contribution in [-0.4, -0.2) is 34.0 Å². The third-order valence-corrected chi connectivity index (χ3v) is 7.71. The average molecular weight is 529 g/mol. The van der Waals surface area contributed by atoms with Gasteiger partial charge in [-0.05, 0) is 80.6 Å². The maximum absolute atomic E-state index is 13.6. The second-order valence-corrected chi connectivity index (χ2v) is 11.0. The van der Waals surface area contributed by atoms with Crippen LogP contribution in [0.4, 0.5) is 5.69 Å². The van der Waals surface area contributed by atoms with Gasteiger partial charge in [-0.2, -0.15) is 0 Å². The molecule has 8 heteroatoms. The number of sulfonamides is 1. The van der Waals surface area contributed by atoms with Crippen LogP contribution in [0.25, 0.3) is 0 Å². The Bertz CT molecular complexity index is 1280. The number of aryl methyl sites for hydroxylation is 3. The molecular formula is C28H33ClN2O4S.